The average Bonchev–Trinajstić information content (AvgIpc) is 3.37. The summed E-state index contributed by atoms with van der Waals surface area (Å²) in [5, 5.41) is 5.28. The Hall–Kier alpha value is -2.79. The molecule has 0 fully saturated rings. The average molecular weight is 376 g/mol. The topological polar surface area (TPSA) is 51.8 Å². The van der Waals surface area contributed by atoms with Crippen LogP contribution >= 0.6 is 11.3 Å². The van der Waals surface area contributed by atoms with E-state index in [9.17, 15) is 0 Å². The summed E-state index contributed by atoms with van der Waals surface area (Å²) in [5.74, 6) is 0. The molecule has 4 aromatic rings. The van der Waals surface area contributed by atoms with Crippen LogP contribution in [0.2, 0.25) is 0 Å². The summed E-state index contributed by atoms with van der Waals surface area (Å²) >= 11 is 1.60. The summed E-state index contributed by atoms with van der Waals surface area (Å²) in [7, 11) is 0. The molecule has 144 valence electrons. The second-order valence-electron chi connectivity index (χ2n) is 3.54. The summed E-state index contributed by atoms with van der Waals surface area (Å²) < 4.78 is 4.33. The summed E-state index contributed by atoms with van der Waals surface area (Å²) in [4.78, 5) is 7.53. The lowest BCUT2D eigenvalue weighted by Crippen LogP contribution is -1.58. The second kappa shape index (κ2) is 27.1. The standard InChI is InChI=1S/C6H6.C5H5N.C3H3NO.C3H3NS.4CH4/c2*1-2-4-6-5-3-1;1-2-4-5-3-1;1-2-5-3-4-1;;;;/h1-6H;1-5H;2*1-3H;4*1H4. The Balaban J connectivity index is -0.000000118. The second-order valence-corrected chi connectivity index (χ2v) is 4.30. The van der Waals surface area contributed by atoms with Crippen LogP contribution in [0.5, 0.6) is 0 Å². The molecule has 0 saturated carbocycles. The summed E-state index contributed by atoms with van der Waals surface area (Å²) in [6.07, 6.45) is 8.37. The summed E-state index contributed by atoms with van der Waals surface area (Å²) in [6.45, 7) is 0. The maximum atomic E-state index is 4.33. The number of nitrogens with zero attached hydrogens (tertiary/aromatic N) is 3. The van der Waals surface area contributed by atoms with Gasteiger partial charge in [0.15, 0.2) is 0 Å². The van der Waals surface area contributed by atoms with Gasteiger partial charge in [0.25, 0.3) is 0 Å². The molecule has 0 unspecified atom stereocenters. The summed E-state index contributed by atoms with van der Waals surface area (Å²) in [5.41, 5.74) is 1.79. The first kappa shape index (κ1) is 31.0. The van der Waals surface area contributed by atoms with Crippen LogP contribution in [0, 0.1) is 0 Å². The molecule has 5 heteroatoms. The molecule has 0 amide bonds. The van der Waals surface area contributed by atoms with Crippen molar-refractivity contribution < 1.29 is 4.52 Å². The van der Waals surface area contributed by atoms with Gasteiger partial charge in [0.1, 0.15) is 6.26 Å². The van der Waals surface area contributed by atoms with E-state index in [0.29, 0.717) is 0 Å². The van der Waals surface area contributed by atoms with E-state index in [0.717, 1.165) is 0 Å². The zero-order valence-corrected chi connectivity index (χ0v) is 12.8. The molecular weight excluding hydrogens is 342 g/mol. The first-order chi connectivity index (χ1) is 11.0. The SMILES string of the molecule is C.C.C.C.c1ccccc1.c1ccncc1.c1cnoc1.c1cscn1. The van der Waals surface area contributed by atoms with Gasteiger partial charge in [-0.05, 0) is 18.2 Å². The Kier molecular flexibility index (Phi) is 32.3. The predicted molar refractivity (Wildman–Crippen MR) is 116 cm³/mol. The maximum Gasteiger partial charge on any atom is 0.123 e. The highest BCUT2D eigenvalue weighted by Gasteiger charge is 1.61. The molecule has 0 bridgehead atoms. The third kappa shape index (κ3) is 23.5. The maximum absolute atomic E-state index is 4.33. The van der Waals surface area contributed by atoms with Gasteiger partial charge in [0.2, 0.25) is 0 Å². The molecule has 4 rings (SSSR count). The first-order valence-corrected chi connectivity index (χ1v) is 7.46. The Bertz CT molecular complexity index is 455. The van der Waals surface area contributed by atoms with E-state index in [1.165, 1.54) is 6.26 Å². The smallest absolute Gasteiger partial charge is 0.123 e. The largest absolute Gasteiger partial charge is 0.365 e. The Morgan fingerprint density at radius 2 is 1.08 bits per heavy atom. The normalized spacial score (nSPS) is 6.77. The Morgan fingerprint density at radius 3 is 1.23 bits per heavy atom. The highest BCUT2D eigenvalue weighted by atomic mass is 32.1. The highest BCUT2D eigenvalue weighted by molar-refractivity contribution is 7.07. The zero-order valence-electron chi connectivity index (χ0n) is 12.0. The van der Waals surface area contributed by atoms with E-state index in [4.69, 9.17) is 0 Å². The van der Waals surface area contributed by atoms with E-state index in [1.54, 1.807) is 47.7 Å². The Labute approximate surface area is 163 Å². The fraction of sp³-hybridized carbons (Fsp3) is 0.190. The van der Waals surface area contributed by atoms with Crippen molar-refractivity contribution in [2.45, 2.75) is 29.7 Å². The van der Waals surface area contributed by atoms with Crippen molar-refractivity contribution in [3.63, 3.8) is 0 Å². The number of rotatable bonds is 0. The molecule has 0 spiro atoms. The van der Waals surface area contributed by atoms with Crippen LogP contribution in [-0.4, -0.2) is 15.1 Å². The number of aromatic nitrogens is 3. The van der Waals surface area contributed by atoms with Crippen LogP contribution in [0.1, 0.15) is 29.7 Å². The zero-order chi connectivity index (χ0) is 15.6. The molecule has 3 heterocycles. The van der Waals surface area contributed by atoms with Crippen molar-refractivity contribution in [1.82, 2.24) is 15.1 Å². The van der Waals surface area contributed by atoms with E-state index in [1.807, 2.05) is 60.0 Å². The highest BCUT2D eigenvalue weighted by Crippen LogP contribution is 1.86. The predicted octanol–water partition coefficient (Wildman–Crippen LogP) is 7.13. The number of thiazole rings is 1. The minimum absolute atomic E-state index is 0. The third-order valence-electron chi connectivity index (χ3n) is 1.93. The fourth-order valence-electron chi connectivity index (χ4n) is 1.05. The van der Waals surface area contributed by atoms with Crippen molar-refractivity contribution in [2.24, 2.45) is 0 Å². The fourth-order valence-corrected chi connectivity index (χ4v) is 1.40. The van der Waals surface area contributed by atoms with Gasteiger partial charge >= 0.3 is 0 Å². The van der Waals surface area contributed by atoms with E-state index >= 15 is 0 Å². The van der Waals surface area contributed by atoms with Gasteiger partial charge in [0, 0.05) is 24.0 Å². The summed E-state index contributed by atoms with van der Waals surface area (Å²) in [6, 6.07) is 19.4. The van der Waals surface area contributed by atoms with Gasteiger partial charge in [0.05, 0.1) is 11.7 Å². The minimum Gasteiger partial charge on any atom is -0.365 e. The van der Waals surface area contributed by atoms with Crippen LogP contribution in [0.4, 0.5) is 0 Å². The lowest BCUT2D eigenvalue weighted by Gasteiger charge is -1.70. The van der Waals surface area contributed by atoms with Crippen LogP contribution < -0.4 is 0 Å². The van der Waals surface area contributed by atoms with Crippen molar-refractivity contribution in [3.8, 4) is 0 Å². The monoisotopic (exact) mass is 375 g/mol. The lowest BCUT2D eigenvalue weighted by atomic mass is 10.4. The van der Waals surface area contributed by atoms with E-state index in [-0.39, 0.29) is 29.7 Å². The van der Waals surface area contributed by atoms with Crippen LogP contribution in [0.15, 0.2) is 107 Å². The quantitative estimate of drug-likeness (QED) is 0.328. The van der Waals surface area contributed by atoms with Crippen LogP contribution in [0.25, 0.3) is 0 Å². The lowest BCUT2D eigenvalue weighted by molar-refractivity contribution is 0.420. The van der Waals surface area contributed by atoms with Gasteiger partial charge in [-0.1, -0.05) is 77.3 Å². The first-order valence-electron chi connectivity index (χ1n) is 6.51. The molecule has 0 aliphatic carbocycles. The molecule has 0 saturated heterocycles. The van der Waals surface area contributed by atoms with Crippen molar-refractivity contribution in [2.75, 3.05) is 0 Å². The molecule has 0 atom stereocenters. The number of hydrogen-bond donors (Lipinski definition) is 0. The van der Waals surface area contributed by atoms with Crippen molar-refractivity contribution in [1.29, 1.82) is 0 Å². The number of benzene rings is 1. The van der Waals surface area contributed by atoms with E-state index < -0.39 is 0 Å². The van der Waals surface area contributed by atoms with Gasteiger partial charge in [-0.3, -0.25) is 9.97 Å². The number of pyridine rings is 1. The molecule has 0 aliphatic heterocycles. The van der Waals surface area contributed by atoms with E-state index in [2.05, 4.69) is 19.6 Å². The molecule has 3 aromatic heterocycles. The van der Waals surface area contributed by atoms with Gasteiger partial charge in [-0.25, -0.2) is 0 Å². The molecule has 0 aliphatic rings. The van der Waals surface area contributed by atoms with Crippen molar-refractivity contribution in [3.05, 3.63) is 103 Å². The van der Waals surface area contributed by atoms with Gasteiger partial charge in [-0.2, -0.15) is 0 Å². The molecule has 0 N–H and O–H groups in total. The van der Waals surface area contributed by atoms with Crippen LogP contribution in [-0.2, 0) is 0 Å². The van der Waals surface area contributed by atoms with Gasteiger partial charge < -0.3 is 4.52 Å². The van der Waals surface area contributed by atoms with Crippen LogP contribution in [0.3, 0.4) is 0 Å². The van der Waals surface area contributed by atoms with Gasteiger partial charge in [-0.15, -0.1) is 11.3 Å². The molecule has 0 radical (unpaired) electrons. The third-order valence-corrected chi connectivity index (χ3v) is 2.45. The molecule has 4 nitrogen and oxygen atoms in total. The van der Waals surface area contributed by atoms with Crippen molar-refractivity contribution >= 4 is 11.3 Å². The Morgan fingerprint density at radius 1 is 0.538 bits per heavy atom. The number of hydrogen-bond acceptors (Lipinski definition) is 5. The molecule has 26 heavy (non-hydrogen) atoms. The minimum atomic E-state index is 0. The molecular formula is C21H33N3OS. The molecule has 1 aromatic carbocycles.